The molecule has 0 unspecified atom stereocenters. The average Bonchev–Trinajstić information content (AvgIpc) is 3.13. The Balaban J connectivity index is 1.88. The summed E-state index contributed by atoms with van der Waals surface area (Å²) in [4.78, 5) is 11.6. The Hall–Kier alpha value is -4.00. The normalized spacial score (nSPS) is 10.8. The standard InChI is InChI=1S/C24H19F2N3O2/c1-14-3-4-15(2)22(11-14)29-23(13-20(28-29)16-5-7-17(25)8-6-16)27-21-12-18(26)9-10-19(21)24(30)31/h3-13,27H,1-2H3,(H,30,31). The third-order valence-electron chi connectivity index (χ3n) is 4.92. The molecule has 4 rings (SSSR count). The Morgan fingerprint density at radius 2 is 1.65 bits per heavy atom. The van der Waals surface area contributed by atoms with Crippen LogP contribution in [0.1, 0.15) is 21.5 Å². The Morgan fingerprint density at radius 1 is 0.935 bits per heavy atom. The fourth-order valence-corrected chi connectivity index (χ4v) is 3.31. The molecule has 31 heavy (non-hydrogen) atoms. The highest BCUT2D eigenvalue weighted by molar-refractivity contribution is 5.95. The lowest BCUT2D eigenvalue weighted by atomic mass is 10.1. The Morgan fingerprint density at radius 3 is 2.35 bits per heavy atom. The van der Waals surface area contributed by atoms with E-state index in [0.29, 0.717) is 17.1 Å². The maximum absolute atomic E-state index is 13.9. The summed E-state index contributed by atoms with van der Waals surface area (Å²) in [6.07, 6.45) is 0. The van der Waals surface area contributed by atoms with Gasteiger partial charge in [0.15, 0.2) is 0 Å². The molecule has 0 amide bonds. The van der Waals surface area contributed by atoms with E-state index in [1.54, 1.807) is 22.9 Å². The zero-order chi connectivity index (χ0) is 22.1. The second-order valence-electron chi connectivity index (χ2n) is 7.24. The lowest BCUT2D eigenvalue weighted by Gasteiger charge is -2.14. The number of halogens is 2. The molecular formula is C24H19F2N3O2. The molecule has 0 atom stereocenters. The van der Waals surface area contributed by atoms with Crippen LogP contribution in [-0.2, 0) is 0 Å². The van der Waals surface area contributed by atoms with Crippen molar-refractivity contribution in [2.45, 2.75) is 13.8 Å². The van der Waals surface area contributed by atoms with Crippen molar-refractivity contribution in [2.75, 3.05) is 5.32 Å². The van der Waals surface area contributed by atoms with E-state index in [4.69, 9.17) is 0 Å². The van der Waals surface area contributed by atoms with E-state index < -0.39 is 11.8 Å². The zero-order valence-corrected chi connectivity index (χ0v) is 16.9. The first kappa shape index (κ1) is 20.3. The van der Waals surface area contributed by atoms with Crippen molar-refractivity contribution in [1.82, 2.24) is 9.78 Å². The number of carboxylic acid groups (broad SMARTS) is 1. The molecule has 0 spiro atoms. The van der Waals surface area contributed by atoms with Crippen LogP contribution in [0.3, 0.4) is 0 Å². The lowest BCUT2D eigenvalue weighted by Crippen LogP contribution is -2.08. The summed E-state index contributed by atoms with van der Waals surface area (Å²) in [6.45, 7) is 3.89. The zero-order valence-electron chi connectivity index (χ0n) is 16.9. The third kappa shape index (κ3) is 4.16. The quantitative estimate of drug-likeness (QED) is 0.424. The van der Waals surface area contributed by atoms with E-state index in [-0.39, 0.29) is 17.1 Å². The predicted octanol–water partition coefficient (Wildman–Crippen LogP) is 5.88. The van der Waals surface area contributed by atoms with Gasteiger partial charge in [0.2, 0.25) is 0 Å². The van der Waals surface area contributed by atoms with Gasteiger partial charge in [0, 0.05) is 11.6 Å². The number of nitrogens with zero attached hydrogens (tertiary/aromatic N) is 2. The molecule has 156 valence electrons. The van der Waals surface area contributed by atoms with Crippen molar-refractivity contribution in [3.05, 3.63) is 95.1 Å². The van der Waals surface area contributed by atoms with Gasteiger partial charge in [-0.1, -0.05) is 12.1 Å². The summed E-state index contributed by atoms with van der Waals surface area (Å²) in [5, 5.41) is 17.2. The number of carboxylic acids is 1. The highest BCUT2D eigenvalue weighted by Gasteiger charge is 2.17. The fraction of sp³-hybridized carbons (Fsp3) is 0.0833. The van der Waals surface area contributed by atoms with Gasteiger partial charge in [-0.15, -0.1) is 0 Å². The molecule has 0 fully saturated rings. The van der Waals surface area contributed by atoms with Crippen molar-refractivity contribution >= 4 is 17.5 Å². The van der Waals surface area contributed by atoms with Gasteiger partial charge in [0.05, 0.1) is 22.6 Å². The molecule has 1 aromatic heterocycles. The molecule has 7 heteroatoms. The van der Waals surface area contributed by atoms with Gasteiger partial charge in [-0.2, -0.15) is 5.10 Å². The number of aromatic carboxylic acids is 1. The first-order chi connectivity index (χ1) is 14.8. The summed E-state index contributed by atoms with van der Waals surface area (Å²) in [7, 11) is 0. The number of hydrogen-bond donors (Lipinski definition) is 2. The number of aryl methyl sites for hydroxylation is 2. The van der Waals surface area contributed by atoms with Crippen molar-refractivity contribution in [1.29, 1.82) is 0 Å². The van der Waals surface area contributed by atoms with Gasteiger partial charge < -0.3 is 10.4 Å². The van der Waals surface area contributed by atoms with E-state index in [1.807, 2.05) is 32.0 Å². The molecular weight excluding hydrogens is 400 g/mol. The maximum Gasteiger partial charge on any atom is 0.337 e. The first-order valence-corrected chi connectivity index (χ1v) is 9.55. The number of aromatic nitrogens is 2. The monoisotopic (exact) mass is 419 g/mol. The van der Waals surface area contributed by atoms with Gasteiger partial charge in [-0.3, -0.25) is 0 Å². The van der Waals surface area contributed by atoms with Crippen LogP contribution in [0.4, 0.5) is 20.3 Å². The summed E-state index contributed by atoms with van der Waals surface area (Å²) in [6, 6.07) is 16.9. The van der Waals surface area contributed by atoms with Gasteiger partial charge in [-0.05, 0) is 73.5 Å². The maximum atomic E-state index is 13.9. The minimum Gasteiger partial charge on any atom is -0.478 e. The summed E-state index contributed by atoms with van der Waals surface area (Å²) in [5.41, 5.74) is 4.01. The van der Waals surface area contributed by atoms with Gasteiger partial charge in [-0.25, -0.2) is 18.3 Å². The van der Waals surface area contributed by atoms with Crippen LogP contribution in [0.5, 0.6) is 0 Å². The largest absolute Gasteiger partial charge is 0.478 e. The smallest absolute Gasteiger partial charge is 0.337 e. The number of carbonyl (C=O) groups is 1. The Kier molecular flexibility index (Phi) is 5.25. The van der Waals surface area contributed by atoms with Crippen molar-refractivity contribution in [2.24, 2.45) is 0 Å². The van der Waals surface area contributed by atoms with Gasteiger partial charge >= 0.3 is 5.97 Å². The second kappa shape index (κ2) is 8.02. The van der Waals surface area contributed by atoms with Crippen LogP contribution in [-0.4, -0.2) is 20.9 Å². The number of benzene rings is 3. The highest BCUT2D eigenvalue weighted by atomic mass is 19.1. The SMILES string of the molecule is Cc1ccc(C)c(-n2nc(-c3ccc(F)cc3)cc2Nc2cc(F)ccc2C(=O)O)c1. The number of hydrogen-bond acceptors (Lipinski definition) is 3. The molecule has 1 heterocycles. The minimum absolute atomic E-state index is 0.0709. The molecule has 0 aliphatic rings. The third-order valence-corrected chi connectivity index (χ3v) is 4.92. The van der Waals surface area contributed by atoms with Crippen molar-refractivity contribution in [3.63, 3.8) is 0 Å². The highest BCUT2D eigenvalue weighted by Crippen LogP contribution is 2.30. The van der Waals surface area contributed by atoms with Crippen molar-refractivity contribution < 1.29 is 18.7 Å². The molecule has 0 bridgehead atoms. The first-order valence-electron chi connectivity index (χ1n) is 9.55. The van der Waals surface area contributed by atoms with Gasteiger partial charge in [0.25, 0.3) is 0 Å². The van der Waals surface area contributed by atoms with Crippen molar-refractivity contribution in [3.8, 4) is 16.9 Å². The van der Waals surface area contributed by atoms with Gasteiger partial charge in [0.1, 0.15) is 17.5 Å². The van der Waals surface area contributed by atoms with E-state index in [2.05, 4.69) is 10.4 Å². The molecule has 5 nitrogen and oxygen atoms in total. The molecule has 0 aliphatic carbocycles. The topological polar surface area (TPSA) is 67.2 Å². The number of nitrogens with one attached hydrogen (secondary N) is 1. The Labute approximate surface area is 177 Å². The van der Waals surface area contributed by atoms with Crippen LogP contribution in [0.25, 0.3) is 16.9 Å². The van der Waals surface area contributed by atoms with Crippen LogP contribution < -0.4 is 5.32 Å². The summed E-state index contributed by atoms with van der Waals surface area (Å²) in [5.74, 6) is -1.66. The molecule has 0 aliphatic heterocycles. The fourth-order valence-electron chi connectivity index (χ4n) is 3.31. The molecule has 2 N–H and O–H groups in total. The number of anilines is 2. The van der Waals surface area contributed by atoms with E-state index in [1.165, 1.54) is 18.2 Å². The van der Waals surface area contributed by atoms with Crippen LogP contribution in [0.15, 0.2) is 66.7 Å². The molecule has 0 saturated heterocycles. The van der Waals surface area contributed by atoms with E-state index in [9.17, 15) is 18.7 Å². The molecule has 3 aromatic carbocycles. The van der Waals surface area contributed by atoms with Crippen LogP contribution in [0.2, 0.25) is 0 Å². The minimum atomic E-state index is -1.18. The molecule has 4 aromatic rings. The predicted molar refractivity (Wildman–Crippen MR) is 115 cm³/mol. The van der Waals surface area contributed by atoms with E-state index in [0.717, 1.165) is 28.9 Å². The number of rotatable bonds is 5. The van der Waals surface area contributed by atoms with E-state index >= 15 is 0 Å². The van der Waals surface area contributed by atoms with Crippen LogP contribution >= 0.6 is 0 Å². The molecule has 0 saturated carbocycles. The second-order valence-corrected chi connectivity index (χ2v) is 7.24. The molecule has 0 radical (unpaired) electrons. The summed E-state index contributed by atoms with van der Waals surface area (Å²) < 4.78 is 28.9. The lowest BCUT2D eigenvalue weighted by molar-refractivity contribution is 0.0698. The summed E-state index contributed by atoms with van der Waals surface area (Å²) >= 11 is 0. The Bertz CT molecular complexity index is 1280. The average molecular weight is 419 g/mol. The van der Waals surface area contributed by atoms with Crippen LogP contribution in [0, 0.1) is 25.5 Å².